The third-order valence-corrected chi connectivity index (χ3v) is 0.333. The van der Waals surface area contributed by atoms with E-state index in [2.05, 4.69) is 0 Å². The van der Waals surface area contributed by atoms with Crippen molar-refractivity contribution in [1.29, 1.82) is 0 Å². The van der Waals surface area contributed by atoms with Gasteiger partial charge >= 0.3 is 0 Å². The van der Waals surface area contributed by atoms with Gasteiger partial charge in [-0.2, -0.15) is 0 Å². The Kier molecular flexibility index (Phi) is 4.65. The first-order valence-electron chi connectivity index (χ1n) is 1.40. The highest BCUT2D eigenvalue weighted by molar-refractivity contribution is 5.85. The lowest BCUT2D eigenvalue weighted by atomic mass is 10.7. The summed E-state index contributed by atoms with van der Waals surface area (Å²) < 4.78 is 0. The Morgan fingerprint density at radius 1 is 0.714 bits per heavy atom. The van der Waals surface area contributed by atoms with Crippen LogP contribution in [0.15, 0.2) is 11.6 Å². The van der Waals surface area contributed by atoms with Gasteiger partial charge in [-0.05, 0) is 0 Å². The van der Waals surface area contributed by atoms with Crippen LogP contribution >= 0.6 is 12.4 Å². The number of nitrogens with two attached hydrogens (primary N) is 4. The summed E-state index contributed by atoms with van der Waals surface area (Å²) in [5.74, 6) is -0.0370. The smallest absolute Gasteiger partial charge is 0.134 e. The zero-order valence-electron chi connectivity index (χ0n) is 3.72. The fourth-order valence-corrected chi connectivity index (χ4v) is 0. The molecular formula is C2H9ClN4. The van der Waals surface area contributed by atoms with E-state index in [4.69, 9.17) is 22.9 Å². The normalized spacial score (nSPS) is 6.29. The predicted molar refractivity (Wildman–Crippen MR) is 31.0 cm³/mol. The largest absolute Gasteiger partial charge is 0.383 e. The molecule has 4 nitrogen and oxygen atoms in total. The van der Waals surface area contributed by atoms with Gasteiger partial charge in [0.1, 0.15) is 11.6 Å². The molecule has 0 aliphatic heterocycles. The Bertz CT molecular complexity index is 59.8. The van der Waals surface area contributed by atoms with Crippen molar-refractivity contribution in [3.8, 4) is 0 Å². The van der Waals surface area contributed by atoms with E-state index in [9.17, 15) is 0 Å². The van der Waals surface area contributed by atoms with Crippen molar-refractivity contribution in [1.82, 2.24) is 0 Å². The minimum atomic E-state index is -0.0185. The minimum absolute atomic E-state index is 0. The van der Waals surface area contributed by atoms with Crippen molar-refractivity contribution in [3.05, 3.63) is 11.6 Å². The predicted octanol–water partition coefficient (Wildman–Crippen LogP) is -1.63. The van der Waals surface area contributed by atoms with E-state index in [-0.39, 0.29) is 24.0 Å². The van der Waals surface area contributed by atoms with Gasteiger partial charge in [-0.3, -0.25) is 0 Å². The molecule has 0 aromatic rings. The molecule has 0 saturated carbocycles. The highest BCUT2D eigenvalue weighted by Gasteiger charge is 1.77. The highest BCUT2D eigenvalue weighted by atomic mass is 35.5. The summed E-state index contributed by atoms with van der Waals surface area (Å²) in [6.45, 7) is 0. The van der Waals surface area contributed by atoms with Crippen LogP contribution < -0.4 is 22.9 Å². The van der Waals surface area contributed by atoms with E-state index >= 15 is 0 Å². The summed E-state index contributed by atoms with van der Waals surface area (Å²) in [6, 6.07) is 0. The van der Waals surface area contributed by atoms with Crippen molar-refractivity contribution >= 4 is 12.4 Å². The first-order valence-corrected chi connectivity index (χ1v) is 1.40. The summed E-state index contributed by atoms with van der Waals surface area (Å²) in [7, 11) is 0. The molecule has 0 rings (SSSR count). The lowest BCUT2D eigenvalue weighted by Crippen LogP contribution is -2.22. The fourth-order valence-electron chi connectivity index (χ4n) is 0. The maximum absolute atomic E-state index is 4.84. The second-order valence-electron chi connectivity index (χ2n) is 0.911. The molecule has 0 spiro atoms. The summed E-state index contributed by atoms with van der Waals surface area (Å²) in [4.78, 5) is 0. The number of hydrogen-bond donors (Lipinski definition) is 4. The maximum Gasteiger partial charge on any atom is 0.134 e. The van der Waals surface area contributed by atoms with Crippen molar-refractivity contribution in [3.63, 3.8) is 0 Å². The zero-order chi connectivity index (χ0) is 5.15. The van der Waals surface area contributed by atoms with E-state index in [0.29, 0.717) is 0 Å². The highest BCUT2D eigenvalue weighted by Crippen LogP contribution is 1.62. The van der Waals surface area contributed by atoms with Gasteiger partial charge in [0.05, 0.1) is 0 Å². The maximum atomic E-state index is 4.84. The molecule has 0 atom stereocenters. The lowest BCUT2D eigenvalue weighted by Gasteiger charge is -1.89. The Balaban J connectivity index is 0. The fraction of sp³-hybridized carbons (Fsp3) is 0. The van der Waals surface area contributed by atoms with Crippen LogP contribution in [0.25, 0.3) is 0 Å². The first-order chi connectivity index (χ1) is 2.64. The summed E-state index contributed by atoms with van der Waals surface area (Å²) in [5, 5.41) is 0. The molecule has 5 heteroatoms. The Morgan fingerprint density at radius 2 is 0.857 bits per heavy atom. The minimum Gasteiger partial charge on any atom is -0.383 e. The van der Waals surface area contributed by atoms with Crippen LogP contribution in [0, 0.1) is 0 Å². The van der Waals surface area contributed by atoms with E-state index in [0.717, 1.165) is 0 Å². The van der Waals surface area contributed by atoms with Crippen molar-refractivity contribution in [2.24, 2.45) is 22.9 Å². The van der Waals surface area contributed by atoms with Gasteiger partial charge in [-0.15, -0.1) is 12.4 Å². The second-order valence-corrected chi connectivity index (χ2v) is 0.911. The molecule has 44 valence electrons. The summed E-state index contributed by atoms with van der Waals surface area (Å²) in [6.07, 6.45) is 0. The van der Waals surface area contributed by atoms with Crippen LogP contribution in [0.2, 0.25) is 0 Å². The van der Waals surface area contributed by atoms with Crippen LogP contribution in [-0.4, -0.2) is 0 Å². The second kappa shape index (κ2) is 3.42. The van der Waals surface area contributed by atoms with Crippen molar-refractivity contribution in [2.45, 2.75) is 0 Å². The molecule has 0 unspecified atom stereocenters. The topological polar surface area (TPSA) is 104 Å². The summed E-state index contributed by atoms with van der Waals surface area (Å²) >= 11 is 0. The first kappa shape index (κ1) is 9.52. The van der Waals surface area contributed by atoms with Gasteiger partial charge in [-0.1, -0.05) is 0 Å². The molecule has 0 aromatic carbocycles. The Hall–Kier alpha value is -0.770. The number of hydrogen-bond acceptors (Lipinski definition) is 4. The summed E-state index contributed by atoms with van der Waals surface area (Å²) in [5.41, 5.74) is 19.4. The molecule has 0 amide bonds. The molecule has 0 aromatic heterocycles. The van der Waals surface area contributed by atoms with E-state index in [1.54, 1.807) is 0 Å². The molecule has 0 heterocycles. The molecule has 0 fully saturated rings. The van der Waals surface area contributed by atoms with Crippen LogP contribution in [-0.2, 0) is 0 Å². The van der Waals surface area contributed by atoms with Gasteiger partial charge in [-0.25, -0.2) is 0 Å². The Morgan fingerprint density at radius 3 is 0.857 bits per heavy atom. The molecule has 7 heavy (non-hydrogen) atoms. The number of rotatable bonds is 0. The van der Waals surface area contributed by atoms with E-state index in [1.165, 1.54) is 0 Å². The SMILES string of the molecule is Cl.NC(N)=C(N)N. The van der Waals surface area contributed by atoms with Gasteiger partial charge in [0.2, 0.25) is 0 Å². The molecular weight excluding hydrogens is 116 g/mol. The van der Waals surface area contributed by atoms with Crippen molar-refractivity contribution < 1.29 is 0 Å². The van der Waals surface area contributed by atoms with Crippen LogP contribution in [0.1, 0.15) is 0 Å². The molecule has 8 N–H and O–H groups in total. The quantitative estimate of drug-likeness (QED) is 0.311. The number of halogens is 1. The van der Waals surface area contributed by atoms with Gasteiger partial charge in [0.15, 0.2) is 0 Å². The van der Waals surface area contributed by atoms with Crippen molar-refractivity contribution in [2.75, 3.05) is 0 Å². The zero-order valence-corrected chi connectivity index (χ0v) is 4.53. The van der Waals surface area contributed by atoms with Gasteiger partial charge in [0.25, 0.3) is 0 Å². The van der Waals surface area contributed by atoms with E-state index < -0.39 is 0 Å². The third kappa shape index (κ3) is 5.23. The van der Waals surface area contributed by atoms with Crippen LogP contribution in [0.5, 0.6) is 0 Å². The van der Waals surface area contributed by atoms with Crippen LogP contribution in [0.3, 0.4) is 0 Å². The molecule has 0 bridgehead atoms. The molecule has 0 saturated heterocycles. The average molecular weight is 125 g/mol. The average Bonchev–Trinajstić information content (AvgIpc) is 1.36. The molecule has 0 radical (unpaired) electrons. The Labute approximate surface area is 47.9 Å². The van der Waals surface area contributed by atoms with Crippen LogP contribution in [0.4, 0.5) is 0 Å². The molecule has 0 aliphatic carbocycles. The lowest BCUT2D eigenvalue weighted by molar-refractivity contribution is 1.09. The molecule has 0 aliphatic rings. The van der Waals surface area contributed by atoms with E-state index in [1.807, 2.05) is 0 Å². The monoisotopic (exact) mass is 124 g/mol. The van der Waals surface area contributed by atoms with Gasteiger partial charge < -0.3 is 22.9 Å². The third-order valence-electron chi connectivity index (χ3n) is 0.333. The van der Waals surface area contributed by atoms with Gasteiger partial charge in [0, 0.05) is 0 Å². The standard InChI is InChI=1S/C2H8N4.ClH/c3-1(4)2(5)6;/h3-6H2;1H.